The molecule has 1 atom stereocenters. The summed E-state index contributed by atoms with van der Waals surface area (Å²) in [5.41, 5.74) is 0. The Hall–Kier alpha value is -0.610. The van der Waals surface area contributed by atoms with Crippen LogP contribution >= 0.6 is 0 Å². The minimum atomic E-state index is -0.653. The van der Waals surface area contributed by atoms with Crippen LogP contribution in [0.15, 0.2) is 0 Å². The van der Waals surface area contributed by atoms with Crippen molar-refractivity contribution >= 4 is 5.97 Å². The summed E-state index contributed by atoms with van der Waals surface area (Å²) >= 11 is 0. The molecule has 0 aromatic carbocycles. The third-order valence-corrected chi connectivity index (χ3v) is 2.81. The summed E-state index contributed by atoms with van der Waals surface area (Å²) in [5, 5.41) is 12.1. The Labute approximate surface area is 71.5 Å². The minimum Gasteiger partial charge on any atom is -0.480 e. The van der Waals surface area contributed by atoms with Gasteiger partial charge in [0, 0.05) is 19.1 Å². The smallest absolute Gasteiger partial charge is 0.320 e. The molecule has 2 saturated heterocycles. The van der Waals surface area contributed by atoms with Crippen molar-refractivity contribution in [1.82, 2.24) is 10.2 Å². The number of aliphatic carboxylic acids is 1. The third kappa shape index (κ3) is 1.21. The predicted molar refractivity (Wildman–Crippen MR) is 44.0 cm³/mol. The topological polar surface area (TPSA) is 52.6 Å². The highest BCUT2D eigenvalue weighted by molar-refractivity contribution is 5.73. The van der Waals surface area contributed by atoms with Crippen LogP contribution in [0.5, 0.6) is 0 Å². The number of nitrogens with zero attached hydrogens (tertiary/aromatic N) is 1. The molecule has 0 aromatic heterocycles. The summed E-state index contributed by atoms with van der Waals surface area (Å²) in [6.45, 7) is 2.89. The molecule has 2 aliphatic rings. The van der Waals surface area contributed by atoms with E-state index in [2.05, 4.69) is 10.2 Å². The minimum absolute atomic E-state index is 0.211. The van der Waals surface area contributed by atoms with Crippen LogP contribution in [-0.2, 0) is 4.79 Å². The monoisotopic (exact) mass is 170 g/mol. The van der Waals surface area contributed by atoms with Crippen LogP contribution in [0.1, 0.15) is 12.8 Å². The van der Waals surface area contributed by atoms with Gasteiger partial charge < -0.3 is 10.4 Å². The van der Waals surface area contributed by atoms with Crippen LogP contribution in [0.3, 0.4) is 0 Å². The van der Waals surface area contributed by atoms with E-state index in [0.29, 0.717) is 6.04 Å². The molecular formula is C8H14N2O2. The molecular weight excluding hydrogens is 156 g/mol. The Morgan fingerprint density at radius 1 is 1.50 bits per heavy atom. The highest BCUT2D eigenvalue weighted by Gasteiger charge is 2.37. The van der Waals surface area contributed by atoms with Crippen molar-refractivity contribution in [2.24, 2.45) is 0 Å². The van der Waals surface area contributed by atoms with Crippen molar-refractivity contribution in [3.05, 3.63) is 0 Å². The number of carboxylic acid groups (broad SMARTS) is 1. The first-order valence-electron chi connectivity index (χ1n) is 4.48. The van der Waals surface area contributed by atoms with Gasteiger partial charge in [-0.1, -0.05) is 0 Å². The van der Waals surface area contributed by atoms with Gasteiger partial charge in [0.15, 0.2) is 0 Å². The van der Waals surface area contributed by atoms with Gasteiger partial charge >= 0.3 is 5.97 Å². The number of carboxylic acids is 1. The molecule has 0 radical (unpaired) electrons. The molecule has 2 aliphatic heterocycles. The highest BCUT2D eigenvalue weighted by atomic mass is 16.4. The Bertz CT molecular complexity index is 191. The first-order chi connectivity index (χ1) is 5.79. The molecule has 0 spiro atoms. The SMILES string of the molecule is O=C(O)[C@@H]1CCCN1C1CNC1. The highest BCUT2D eigenvalue weighted by Crippen LogP contribution is 2.21. The molecule has 0 aliphatic carbocycles. The second-order valence-corrected chi connectivity index (χ2v) is 3.55. The second kappa shape index (κ2) is 3.03. The van der Waals surface area contributed by atoms with Gasteiger partial charge in [0.1, 0.15) is 6.04 Å². The summed E-state index contributed by atoms with van der Waals surface area (Å²) in [4.78, 5) is 12.9. The molecule has 2 rings (SSSR count). The second-order valence-electron chi connectivity index (χ2n) is 3.55. The van der Waals surface area contributed by atoms with Gasteiger partial charge in [-0.3, -0.25) is 9.69 Å². The summed E-state index contributed by atoms with van der Waals surface area (Å²) in [7, 11) is 0. The lowest BCUT2D eigenvalue weighted by Gasteiger charge is -2.37. The van der Waals surface area contributed by atoms with E-state index >= 15 is 0 Å². The zero-order valence-electron chi connectivity index (χ0n) is 6.99. The van der Waals surface area contributed by atoms with Crippen molar-refractivity contribution in [3.63, 3.8) is 0 Å². The van der Waals surface area contributed by atoms with Gasteiger partial charge in [-0.2, -0.15) is 0 Å². The van der Waals surface area contributed by atoms with E-state index < -0.39 is 5.97 Å². The molecule has 0 aromatic rings. The van der Waals surface area contributed by atoms with Crippen molar-refractivity contribution < 1.29 is 9.90 Å². The molecule has 2 fully saturated rings. The van der Waals surface area contributed by atoms with Crippen LogP contribution in [0.4, 0.5) is 0 Å². The van der Waals surface area contributed by atoms with Crippen molar-refractivity contribution in [2.75, 3.05) is 19.6 Å². The third-order valence-electron chi connectivity index (χ3n) is 2.81. The van der Waals surface area contributed by atoms with Crippen molar-refractivity contribution in [1.29, 1.82) is 0 Å². The molecule has 0 amide bonds. The van der Waals surface area contributed by atoms with E-state index in [-0.39, 0.29) is 6.04 Å². The van der Waals surface area contributed by atoms with Crippen LogP contribution in [0, 0.1) is 0 Å². The number of likely N-dealkylation sites (tertiary alicyclic amines) is 1. The zero-order valence-corrected chi connectivity index (χ0v) is 6.99. The fraction of sp³-hybridized carbons (Fsp3) is 0.875. The summed E-state index contributed by atoms with van der Waals surface area (Å²) in [6, 6.07) is 0.269. The first kappa shape index (κ1) is 8.01. The normalized spacial score (nSPS) is 31.8. The number of hydrogen-bond donors (Lipinski definition) is 2. The van der Waals surface area contributed by atoms with Gasteiger partial charge in [-0.25, -0.2) is 0 Å². The quantitative estimate of drug-likeness (QED) is 0.587. The van der Waals surface area contributed by atoms with Gasteiger partial charge in [-0.15, -0.1) is 0 Å². The molecule has 0 saturated carbocycles. The van der Waals surface area contributed by atoms with E-state index in [1.807, 2.05) is 0 Å². The molecule has 0 unspecified atom stereocenters. The first-order valence-corrected chi connectivity index (χ1v) is 4.48. The zero-order chi connectivity index (χ0) is 8.55. The van der Waals surface area contributed by atoms with Crippen LogP contribution in [-0.4, -0.2) is 47.7 Å². The number of hydrogen-bond acceptors (Lipinski definition) is 3. The lowest BCUT2D eigenvalue weighted by molar-refractivity contribution is -0.143. The van der Waals surface area contributed by atoms with Crippen molar-refractivity contribution in [2.45, 2.75) is 24.9 Å². The van der Waals surface area contributed by atoms with Crippen LogP contribution in [0.2, 0.25) is 0 Å². The van der Waals surface area contributed by atoms with Crippen molar-refractivity contribution in [3.8, 4) is 0 Å². The molecule has 4 heteroatoms. The molecule has 12 heavy (non-hydrogen) atoms. The lowest BCUT2D eigenvalue weighted by Crippen LogP contribution is -2.59. The molecule has 2 heterocycles. The Kier molecular flexibility index (Phi) is 2.02. The largest absolute Gasteiger partial charge is 0.480 e. The summed E-state index contributed by atoms with van der Waals surface area (Å²) in [5.74, 6) is -0.653. The Balaban J connectivity index is 1.98. The van der Waals surface area contributed by atoms with E-state index in [1.165, 1.54) is 0 Å². The predicted octanol–water partition coefficient (Wildman–Crippen LogP) is -0.493. The Morgan fingerprint density at radius 2 is 2.25 bits per heavy atom. The summed E-state index contributed by atoms with van der Waals surface area (Å²) in [6.07, 6.45) is 1.86. The average molecular weight is 170 g/mol. The standard InChI is InChI=1S/C8H14N2O2/c11-8(12)7-2-1-3-10(7)6-4-9-5-6/h6-7,9H,1-5H2,(H,11,12)/t7-/m0/s1. The fourth-order valence-corrected chi connectivity index (χ4v) is 2.00. The molecule has 2 N–H and O–H groups in total. The van der Waals surface area contributed by atoms with E-state index in [0.717, 1.165) is 32.5 Å². The number of nitrogens with one attached hydrogen (secondary N) is 1. The number of carbonyl (C=O) groups is 1. The van der Waals surface area contributed by atoms with Gasteiger partial charge in [-0.05, 0) is 19.4 Å². The maximum absolute atomic E-state index is 10.8. The fourth-order valence-electron chi connectivity index (χ4n) is 2.00. The molecule has 68 valence electrons. The average Bonchev–Trinajstić information content (AvgIpc) is 2.31. The van der Waals surface area contributed by atoms with Crippen LogP contribution in [0.25, 0.3) is 0 Å². The van der Waals surface area contributed by atoms with Gasteiger partial charge in [0.05, 0.1) is 0 Å². The lowest BCUT2D eigenvalue weighted by atomic mass is 10.1. The maximum Gasteiger partial charge on any atom is 0.320 e. The van der Waals surface area contributed by atoms with E-state index in [1.54, 1.807) is 0 Å². The van der Waals surface area contributed by atoms with Crippen LogP contribution < -0.4 is 5.32 Å². The maximum atomic E-state index is 10.8. The van der Waals surface area contributed by atoms with Gasteiger partial charge in [0.25, 0.3) is 0 Å². The molecule has 0 bridgehead atoms. The van der Waals surface area contributed by atoms with E-state index in [9.17, 15) is 4.79 Å². The van der Waals surface area contributed by atoms with Gasteiger partial charge in [0.2, 0.25) is 0 Å². The van der Waals surface area contributed by atoms with E-state index in [4.69, 9.17) is 5.11 Å². The molecule has 4 nitrogen and oxygen atoms in total. The summed E-state index contributed by atoms with van der Waals surface area (Å²) < 4.78 is 0. The number of rotatable bonds is 2. The Morgan fingerprint density at radius 3 is 2.75 bits per heavy atom.